The first-order chi connectivity index (χ1) is 14.1. The number of carboxylic acid groups (broad SMARTS) is 1. The maximum atomic E-state index is 13.0. The molecule has 0 aliphatic heterocycles. The molecule has 0 saturated heterocycles. The highest BCUT2D eigenvalue weighted by Crippen LogP contribution is 2.44. The van der Waals surface area contributed by atoms with Gasteiger partial charge in [-0.05, 0) is 55.9 Å². The molecule has 3 rings (SSSR count). The van der Waals surface area contributed by atoms with E-state index in [0.29, 0.717) is 29.3 Å². The van der Waals surface area contributed by atoms with E-state index in [1.807, 2.05) is 12.2 Å². The molecule has 1 aromatic heterocycles. The van der Waals surface area contributed by atoms with Gasteiger partial charge in [-0.15, -0.1) is 11.3 Å². The van der Waals surface area contributed by atoms with Crippen molar-refractivity contribution >= 4 is 34.2 Å². The molecule has 1 amide bonds. The molecular formula is C23H31NO5S. The smallest absolute Gasteiger partial charge is 0.341 e. The first-order valence-corrected chi connectivity index (χ1v) is 11.4. The molecule has 1 aromatic rings. The molecule has 0 bridgehead atoms. The van der Waals surface area contributed by atoms with Crippen molar-refractivity contribution in [1.29, 1.82) is 0 Å². The average molecular weight is 434 g/mol. The summed E-state index contributed by atoms with van der Waals surface area (Å²) in [6.07, 6.45) is 7.02. The molecule has 0 radical (unpaired) electrons. The number of anilines is 1. The maximum Gasteiger partial charge on any atom is 0.341 e. The van der Waals surface area contributed by atoms with Crippen LogP contribution in [0.25, 0.3) is 0 Å². The Labute approximate surface area is 181 Å². The van der Waals surface area contributed by atoms with E-state index >= 15 is 0 Å². The number of rotatable bonds is 5. The first-order valence-electron chi connectivity index (χ1n) is 10.6. The Kier molecular flexibility index (Phi) is 6.70. The normalized spacial score (nSPS) is 23.5. The highest BCUT2D eigenvalue weighted by molar-refractivity contribution is 7.17. The van der Waals surface area contributed by atoms with Gasteiger partial charge in [0.05, 0.1) is 24.0 Å². The van der Waals surface area contributed by atoms with Crippen LogP contribution in [0, 0.1) is 23.2 Å². The summed E-state index contributed by atoms with van der Waals surface area (Å²) in [5, 5.41) is 12.9. The van der Waals surface area contributed by atoms with Crippen molar-refractivity contribution in [1.82, 2.24) is 0 Å². The van der Waals surface area contributed by atoms with Crippen LogP contribution < -0.4 is 5.32 Å². The van der Waals surface area contributed by atoms with Gasteiger partial charge in [0.15, 0.2) is 0 Å². The summed E-state index contributed by atoms with van der Waals surface area (Å²) in [5.74, 6) is -2.63. The fourth-order valence-corrected chi connectivity index (χ4v) is 5.73. The van der Waals surface area contributed by atoms with E-state index in [9.17, 15) is 19.5 Å². The predicted octanol–water partition coefficient (Wildman–Crippen LogP) is 4.68. The summed E-state index contributed by atoms with van der Waals surface area (Å²) in [4.78, 5) is 38.4. The molecule has 0 saturated carbocycles. The lowest BCUT2D eigenvalue weighted by atomic mass is 9.72. The van der Waals surface area contributed by atoms with Crippen LogP contribution in [0.2, 0.25) is 0 Å². The van der Waals surface area contributed by atoms with Gasteiger partial charge in [0, 0.05) is 4.88 Å². The molecule has 2 aliphatic carbocycles. The van der Waals surface area contributed by atoms with Crippen molar-refractivity contribution < 1.29 is 24.2 Å². The van der Waals surface area contributed by atoms with Crippen molar-refractivity contribution in [2.24, 2.45) is 23.2 Å². The number of aliphatic carboxylic acids is 1. The summed E-state index contributed by atoms with van der Waals surface area (Å²) >= 11 is 1.44. The molecule has 1 heterocycles. The summed E-state index contributed by atoms with van der Waals surface area (Å²) < 4.78 is 5.28. The lowest BCUT2D eigenvalue weighted by Gasteiger charge is -2.33. The van der Waals surface area contributed by atoms with Crippen molar-refractivity contribution in [3.8, 4) is 0 Å². The Morgan fingerprint density at radius 3 is 2.47 bits per heavy atom. The minimum atomic E-state index is -0.969. The van der Waals surface area contributed by atoms with Gasteiger partial charge in [0.2, 0.25) is 5.91 Å². The Morgan fingerprint density at radius 1 is 1.20 bits per heavy atom. The predicted molar refractivity (Wildman–Crippen MR) is 117 cm³/mol. The lowest BCUT2D eigenvalue weighted by molar-refractivity contribution is -0.146. The number of thiophene rings is 1. The number of esters is 1. The van der Waals surface area contributed by atoms with Gasteiger partial charge >= 0.3 is 11.9 Å². The monoisotopic (exact) mass is 433 g/mol. The Bertz CT molecular complexity index is 864. The second-order valence-electron chi connectivity index (χ2n) is 9.22. The average Bonchev–Trinajstić information content (AvgIpc) is 3.04. The van der Waals surface area contributed by atoms with Gasteiger partial charge < -0.3 is 15.2 Å². The maximum absolute atomic E-state index is 13.0. The zero-order valence-electron chi connectivity index (χ0n) is 18.1. The fourth-order valence-electron chi connectivity index (χ4n) is 4.41. The number of hydrogen-bond acceptors (Lipinski definition) is 5. The molecule has 0 fully saturated rings. The van der Waals surface area contributed by atoms with Crippen LogP contribution in [0.5, 0.6) is 0 Å². The molecule has 3 unspecified atom stereocenters. The Morgan fingerprint density at radius 2 is 1.87 bits per heavy atom. The number of ether oxygens (including phenoxy) is 1. The van der Waals surface area contributed by atoms with E-state index in [1.54, 1.807) is 6.92 Å². The van der Waals surface area contributed by atoms with Crippen LogP contribution in [-0.4, -0.2) is 29.6 Å². The molecule has 2 aliphatic rings. The highest BCUT2D eigenvalue weighted by Gasteiger charge is 2.37. The van der Waals surface area contributed by atoms with Crippen LogP contribution in [-0.2, 0) is 27.2 Å². The third kappa shape index (κ3) is 4.61. The van der Waals surface area contributed by atoms with Crippen LogP contribution in [0.4, 0.5) is 5.00 Å². The molecule has 6 nitrogen and oxygen atoms in total. The van der Waals surface area contributed by atoms with Crippen molar-refractivity contribution in [3.05, 3.63) is 28.2 Å². The zero-order chi connectivity index (χ0) is 22.1. The van der Waals surface area contributed by atoms with Gasteiger partial charge in [-0.3, -0.25) is 9.59 Å². The standard InChI is InChI=1S/C23H31NO5S/c1-5-29-22(28)18-16-11-10-13(23(2,3)4)12-17(16)30-20(18)24-19(25)14-8-6-7-9-15(14)21(26)27/h6-7,13-15H,5,8-12H2,1-4H3,(H,24,25)(H,26,27). The quantitative estimate of drug-likeness (QED) is 0.519. The van der Waals surface area contributed by atoms with Gasteiger partial charge in [-0.2, -0.15) is 0 Å². The summed E-state index contributed by atoms with van der Waals surface area (Å²) in [7, 11) is 0. The second-order valence-corrected chi connectivity index (χ2v) is 10.3. The zero-order valence-corrected chi connectivity index (χ0v) is 18.9. The second kappa shape index (κ2) is 8.92. The summed E-state index contributed by atoms with van der Waals surface area (Å²) in [6, 6.07) is 0. The molecule has 3 atom stereocenters. The number of carbonyl (C=O) groups is 3. The van der Waals surface area contributed by atoms with E-state index in [1.165, 1.54) is 11.3 Å². The molecule has 30 heavy (non-hydrogen) atoms. The van der Waals surface area contributed by atoms with E-state index in [2.05, 4.69) is 26.1 Å². The van der Waals surface area contributed by atoms with Crippen molar-refractivity contribution in [2.75, 3.05) is 11.9 Å². The van der Waals surface area contributed by atoms with Crippen LogP contribution in [0.1, 0.15) is 67.8 Å². The van der Waals surface area contributed by atoms with Gasteiger partial charge in [-0.1, -0.05) is 32.9 Å². The van der Waals surface area contributed by atoms with Gasteiger partial charge in [-0.25, -0.2) is 4.79 Å². The number of hydrogen-bond donors (Lipinski definition) is 2. The van der Waals surface area contributed by atoms with Crippen molar-refractivity contribution in [3.63, 3.8) is 0 Å². The van der Waals surface area contributed by atoms with E-state index < -0.39 is 23.8 Å². The Hall–Kier alpha value is -2.15. The topological polar surface area (TPSA) is 92.7 Å². The molecular weight excluding hydrogens is 402 g/mol. The van der Waals surface area contributed by atoms with Gasteiger partial charge in [0.1, 0.15) is 5.00 Å². The van der Waals surface area contributed by atoms with E-state index in [4.69, 9.17) is 4.74 Å². The largest absolute Gasteiger partial charge is 0.481 e. The highest BCUT2D eigenvalue weighted by atomic mass is 32.1. The molecule has 2 N–H and O–H groups in total. The van der Waals surface area contributed by atoms with Crippen LogP contribution in [0.3, 0.4) is 0 Å². The Balaban J connectivity index is 1.91. The number of fused-ring (bicyclic) bond motifs is 1. The summed E-state index contributed by atoms with van der Waals surface area (Å²) in [6.45, 7) is 8.71. The summed E-state index contributed by atoms with van der Waals surface area (Å²) in [5.41, 5.74) is 1.60. The van der Waals surface area contributed by atoms with E-state index in [0.717, 1.165) is 29.7 Å². The van der Waals surface area contributed by atoms with Crippen LogP contribution in [0.15, 0.2) is 12.2 Å². The number of carboxylic acids is 1. The number of carbonyl (C=O) groups excluding carboxylic acids is 2. The van der Waals surface area contributed by atoms with Crippen LogP contribution >= 0.6 is 11.3 Å². The number of allylic oxidation sites excluding steroid dienone is 2. The minimum Gasteiger partial charge on any atom is -0.481 e. The molecule has 0 spiro atoms. The first kappa shape index (κ1) is 22.5. The fraction of sp³-hybridized carbons (Fsp3) is 0.609. The number of nitrogens with one attached hydrogen (secondary N) is 1. The van der Waals surface area contributed by atoms with Gasteiger partial charge in [0.25, 0.3) is 0 Å². The third-order valence-corrected chi connectivity index (χ3v) is 7.46. The van der Waals surface area contributed by atoms with Crippen molar-refractivity contribution in [2.45, 2.75) is 59.8 Å². The third-order valence-electron chi connectivity index (χ3n) is 6.29. The van der Waals surface area contributed by atoms with E-state index in [-0.39, 0.29) is 17.9 Å². The molecule has 7 heteroatoms. The lowest BCUT2D eigenvalue weighted by Crippen LogP contribution is -2.34. The minimum absolute atomic E-state index is 0.165. The molecule has 164 valence electrons. The molecule has 0 aromatic carbocycles. The number of amides is 1. The SMILES string of the molecule is CCOC(=O)c1c(NC(=O)C2CC=CCC2C(=O)O)sc2c1CCC(C(C)(C)C)C2.